The SMILES string of the molecule is O=C(NCC1CCCC(Br)C1)C1CCCCCC1. The summed E-state index contributed by atoms with van der Waals surface area (Å²) in [5.41, 5.74) is 0. The van der Waals surface area contributed by atoms with Crippen LogP contribution in [0.5, 0.6) is 0 Å². The highest BCUT2D eigenvalue weighted by atomic mass is 79.9. The van der Waals surface area contributed by atoms with Gasteiger partial charge < -0.3 is 5.32 Å². The van der Waals surface area contributed by atoms with E-state index in [9.17, 15) is 4.79 Å². The van der Waals surface area contributed by atoms with Crippen LogP contribution >= 0.6 is 15.9 Å². The predicted octanol–water partition coefficient (Wildman–Crippen LogP) is 4.03. The van der Waals surface area contributed by atoms with Crippen molar-refractivity contribution in [3.63, 3.8) is 0 Å². The molecule has 2 atom stereocenters. The minimum Gasteiger partial charge on any atom is -0.356 e. The molecule has 1 amide bonds. The maximum absolute atomic E-state index is 12.2. The first-order valence-electron chi connectivity index (χ1n) is 7.67. The molecule has 2 saturated carbocycles. The number of carbonyl (C=O) groups is 1. The quantitative estimate of drug-likeness (QED) is 0.618. The summed E-state index contributed by atoms with van der Waals surface area (Å²) >= 11 is 3.71. The first kappa shape index (κ1) is 14.4. The average molecular weight is 316 g/mol. The van der Waals surface area contributed by atoms with Crippen LogP contribution in [0.25, 0.3) is 0 Å². The number of hydrogen-bond donors (Lipinski definition) is 1. The first-order chi connectivity index (χ1) is 8.75. The highest BCUT2D eigenvalue weighted by Crippen LogP contribution is 2.29. The van der Waals surface area contributed by atoms with Crippen molar-refractivity contribution in [1.82, 2.24) is 5.32 Å². The van der Waals surface area contributed by atoms with Crippen LogP contribution in [0.3, 0.4) is 0 Å². The van der Waals surface area contributed by atoms with E-state index in [-0.39, 0.29) is 0 Å². The molecule has 104 valence electrons. The second kappa shape index (κ2) is 7.52. The molecule has 0 aromatic heterocycles. The third kappa shape index (κ3) is 4.56. The Balaban J connectivity index is 1.70. The van der Waals surface area contributed by atoms with Crippen LogP contribution in [0.1, 0.15) is 64.2 Å². The molecular formula is C15H26BrNO. The fourth-order valence-corrected chi connectivity index (χ4v) is 4.19. The summed E-state index contributed by atoms with van der Waals surface area (Å²) in [7, 11) is 0. The molecule has 2 nitrogen and oxygen atoms in total. The van der Waals surface area contributed by atoms with Crippen LogP contribution in [0.4, 0.5) is 0 Å². The maximum Gasteiger partial charge on any atom is 0.223 e. The Bertz CT molecular complexity index is 261. The largest absolute Gasteiger partial charge is 0.356 e. The highest BCUT2D eigenvalue weighted by molar-refractivity contribution is 9.09. The highest BCUT2D eigenvalue weighted by Gasteiger charge is 2.23. The van der Waals surface area contributed by atoms with Gasteiger partial charge in [0.05, 0.1) is 0 Å². The number of carbonyl (C=O) groups excluding carboxylic acids is 1. The number of nitrogens with one attached hydrogen (secondary N) is 1. The van der Waals surface area contributed by atoms with E-state index in [1.54, 1.807) is 0 Å². The van der Waals surface area contributed by atoms with Crippen LogP contribution in [0.2, 0.25) is 0 Å². The van der Waals surface area contributed by atoms with Crippen molar-refractivity contribution in [3.05, 3.63) is 0 Å². The van der Waals surface area contributed by atoms with Crippen molar-refractivity contribution < 1.29 is 4.79 Å². The number of halogens is 1. The van der Waals surface area contributed by atoms with E-state index < -0.39 is 0 Å². The second-order valence-corrected chi connectivity index (χ2v) is 7.36. The molecule has 3 heteroatoms. The Kier molecular flexibility index (Phi) is 6.00. The van der Waals surface area contributed by atoms with Crippen molar-refractivity contribution in [2.45, 2.75) is 69.0 Å². The van der Waals surface area contributed by atoms with E-state index in [4.69, 9.17) is 0 Å². The predicted molar refractivity (Wildman–Crippen MR) is 78.9 cm³/mol. The molecule has 0 aliphatic heterocycles. The molecule has 0 heterocycles. The summed E-state index contributed by atoms with van der Waals surface area (Å²) in [5, 5.41) is 3.21. The lowest BCUT2D eigenvalue weighted by molar-refractivity contribution is -0.125. The van der Waals surface area contributed by atoms with Crippen molar-refractivity contribution in [1.29, 1.82) is 0 Å². The molecule has 2 aliphatic rings. The smallest absolute Gasteiger partial charge is 0.223 e. The normalized spacial score (nSPS) is 30.7. The Morgan fingerprint density at radius 2 is 1.72 bits per heavy atom. The molecule has 0 aromatic rings. The minimum atomic E-state index is 0.302. The maximum atomic E-state index is 12.2. The molecule has 2 unspecified atom stereocenters. The van der Waals surface area contributed by atoms with Crippen LogP contribution in [0.15, 0.2) is 0 Å². The average Bonchev–Trinajstić information content (AvgIpc) is 2.65. The molecule has 2 fully saturated rings. The van der Waals surface area contributed by atoms with Gasteiger partial charge in [-0.1, -0.05) is 48.0 Å². The van der Waals surface area contributed by atoms with Gasteiger partial charge in [0.25, 0.3) is 0 Å². The van der Waals surface area contributed by atoms with Crippen LogP contribution in [-0.4, -0.2) is 17.3 Å². The van der Waals surface area contributed by atoms with Crippen LogP contribution < -0.4 is 5.32 Å². The molecule has 0 aromatic carbocycles. The van der Waals surface area contributed by atoms with Gasteiger partial charge >= 0.3 is 0 Å². The van der Waals surface area contributed by atoms with E-state index in [1.165, 1.54) is 51.4 Å². The Morgan fingerprint density at radius 1 is 1.00 bits per heavy atom. The molecular weight excluding hydrogens is 290 g/mol. The molecule has 0 saturated heterocycles. The first-order valence-corrected chi connectivity index (χ1v) is 8.59. The fraction of sp³-hybridized carbons (Fsp3) is 0.933. The lowest BCUT2D eigenvalue weighted by Gasteiger charge is -2.26. The topological polar surface area (TPSA) is 29.1 Å². The Labute approximate surface area is 119 Å². The third-order valence-corrected chi connectivity index (χ3v) is 5.34. The van der Waals surface area contributed by atoms with Gasteiger partial charge in [-0.05, 0) is 38.0 Å². The van der Waals surface area contributed by atoms with E-state index in [2.05, 4.69) is 21.2 Å². The summed E-state index contributed by atoms with van der Waals surface area (Å²) in [4.78, 5) is 12.8. The Morgan fingerprint density at radius 3 is 2.39 bits per heavy atom. The van der Waals surface area contributed by atoms with E-state index >= 15 is 0 Å². The molecule has 1 N–H and O–H groups in total. The summed E-state index contributed by atoms with van der Waals surface area (Å²) in [6, 6.07) is 0. The fourth-order valence-electron chi connectivity index (χ4n) is 3.34. The van der Waals surface area contributed by atoms with Crippen LogP contribution in [-0.2, 0) is 4.79 Å². The molecule has 0 radical (unpaired) electrons. The lowest BCUT2D eigenvalue weighted by atomic mass is 9.89. The third-order valence-electron chi connectivity index (χ3n) is 4.51. The van der Waals surface area contributed by atoms with Gasteiger partial charge in [0, 0.05) is 17.3 Å². The number of hydrogen-bond acceptors (Lipinski definition) is 1. The summed E-state index contributed by atoms with van der Waals surface area (Å²) in [6.07, 6.45) is 12.4. The molecule has 18 heavy (non-hydrogen) atoms. The van der Waals surface area contributed by atoms with Gasteiger partial charge in [-0.2, -0.15) is 0 Å². The molecule has 0 bridgehead atoms. The standard InChI is InChI=1S/C15H26BrNO/c16-14-9-5-6-12(10-14)11-17-15(18)13-7-3-1-2-4-8-13/h12-14H,1-11H2,(H,17,18). The van der Waals surface area contributed by atoms with Gasteiger partial charge in [-0.3, -0.25) is 4.79 Å². The van der Waals surface area contributed by atoms with Gasteiger partial charge in [0.1, 0.15) is 0 Å². The zero-order chi connectivity index (χ0) is 12.8. The molecule has 2 rings (SSSR count). The van der Waals surface area contributed by atoms with Crippen molar-refractivity contribution in [2.75, 3.05) is 6.54 Å². The second-order valence-electron chi connectivity index (χ2n) is 6.06. The zero-order valence-corrected chi connectivity index (χ0v) is 12.9. The monoisotopic (exact) mass is 315 g/mol. The van der Waals surface area contributed by atoms with Gasteiger partial charge in [-0.15, -0.1) is 0 Å². The van der Waals surface area contributed by atoms with Gasteiger partial charge in [0.2, 0.25) is 5.91 Å². The van der Waals surface area contributed by atoms with Crippen molar-refractivity contribution in [3.8, 4) is 0 Å². The van der Waals surface area contributed by atoms with Crippen molar-refractivity contribution >= 4 is 21.8 Å². The van der Waals surface area contributed by atoms with Crippen molar-refractivity contribution in [2.24, 2.45) is 11.8 Å². The lowest BCUT2D eigenvalue weighted by Crippen LogP contribution is -2.35. The molecule has 0 spiro atoms. The zero-order valence-electron chi connectivity index (χ0n) is 11.3. The van der Waals surface area contributed by atoms with Gasteiger partial charge in [0.15, 0.2) is 0 Å². The van der Waals surface area contributed by atoms with E-state index in [0.717, 1.165) is 19.4 Å². The number of rotatable bonds is 3. The Hall–Kier alpha value is -0.0500. The summed E-state index contributed by atoms with van der Waals surface area (Å²) < 4.78 is 0. The molecule has 2 aliphatic carbocycles. The van der Waals surface area contributed by atoms with E-state index in [1.807, 2.05) is 0 Å². The van der Waals surface area contributed by atoms with E-state index in [0.29, 0.717) is 22.6 Å². The minimum absolute atomic E-state index is 0.302. The van der Waals surface area contributed by atoms with Gasteiger partial charge in [-0.25, -0.2) is 0 Å². The summed E-state index contributed by atoms with van der Waals surface area (Å²) in [6.45, 7) is 0.900. The number of amides is 1. The number of alkyl halides is 1. The van der Waals surface area contributed by atoms with Crippen LogP contribution in [0, 0.1) is 11.8 Å². The summed E-state index contributed by atoms with van der Waals surface area (Å²) in [5.74, 6) is 1.32.